The Hall–Kier alpha value is -3.15. The molecule has 6 nitrogen and oxygen atoms in total. The summed E-state index contributed by atoms with van der Waals surface area (Å²) in [6, 6.07) is 0. The average Bonchev–Trinajstić information content (AvgIpc) is 3.45. The van der Waals surface area contributed by atoms with Crippen molar-refractivity contribution in [3.8, 4) is 0 Å². The lowest BCUT2D eigenvalue weighted by molar-refractivity contribution is -0.167. The van der Waals surface area contributed by atoms with E-state index in [0.29, 0.717) is 19.3 Å². The zero-order valence-electron chi connectivity index (χ0n) is 52.6. The minimum Gasteiger partial charge on any atom is -0.462 e. The molecule has 1 atom stereocenters. The van der Waals surface area contributed by atoms with Crippen molar-refractivity contribution in [3.63, 3.8) is 0 Å². The van der Waals surface area contributed by atoms with Gasteiger partial charge in [-0.1, -0.05) is 318 Å². The van der Waals surface area contributed by atoms with Crippen molar-refractivity contribution < 1.29 is 28.6 Å². The van der Waals surface area contributed by atoms with Gasteiger partial charge in [0.05, 0.1) is 0 Å². The first-order chi connectivity index (χ1) is 39.0. The highest BCUT2D eigenvalue weighted by Gasteiger charge is 2.19. The largest absolute Gasteiger partial charge is 0.462 e. The van der Waals surface area contributed by atoms with Gasteiger partial charge >= 0.3 is 17.9 Å². The van der Waals surface area contributed by atoms with E-state index in [1.807, 2.05) is 0 Å². The molecule has 0 amide bonds. The number of unbranched alkanes of at least 4 members (excludes halogenated alkanes) is 40. The Bertz CT molecular complexity index is 1450. The van der Waals surface area contributed by atoms with Crippen LogP contribution >= 0.6 is 0 Å². The van der Waals surface area contributed by atoms with Crippen LogP contribution in [0.15, 0.2) is 72.9 Å². The van der Waals surface area contributed by atoms with Crippen LogP contribution in [-0.2, 0) is 28.6 Å². The van der Waals surface area contributed by atoms with Crippen LogP contribution in [0.1, 0.15) is 355 Å². The van der Waals surface area contributed by atoms with Crippen molar-refractivity contribution in [3.05, 3.63) is 72.9 Å². The highest BCUT2D eigenvalue weighted by Crippen LogP contribution is 2.18. The Balaban J connectivity index is 4.27. The maximum atomic E-state index is 12.9. The lowest BCUT2D eigenvalue weighted by Gasteiger charge is -2.18. The summed E-state index contributed by atoms with van der Waals surface area (Å²) in [5.74, 6) is -0.914. The normalized spacial score (nSPS) is 12.5. The molecule has 0 aliphatic rings. The number of rotatable bonds is 63. The van der Waals surface area contributed by atoms with Gasteiger partial charge in [-0.3, -0.25) is 14.4 Å². The number of hydrogen-bond donors (Lipinski definition) is 0. The molecule has 0 spiro atoms. The van der Waals surface area contributed by atoms with E-state index in [4.69, 9.17) is 14.2 Å². The summed E-state index contributed by atoms with van der Waals surface area (Å²) in [5.41, 5.74) is 0. The summed E-state index contributed by atoms with van der Waals surface area (Å²) in [6.07, 6.45) is 87.9. The van der Waals surface area contributed by atoms with Crippen molar-refractivity contribution in [2.45, 2.75) is 361 Å². The summed E-state index contributed by atoms with van der Waals surface area (Å²) in [4.78, 5) is 38.4. The first-order valence-electron chi connectivity index (χ1n) is 34.4. The van der Waals surface area contributed by atoms with Crippen molar-refractivity contribution in [2.75, 3.05) is 13.2 Å². The highest BCUT2D eigenvalue weighted by atomic mass is 16.6. The van der Waals surface area contributed by atoms with E-state index < -0.39 is 6.10 Å². The maximum Gasteiger partial charge on any atom is 0.306 e. The Morgan fingerprint density at radius 2 is 0.494 bits per heavy atom. The Morgan fingerprint density at radius 3 is 0.785 bits per heavy atom. The van der Waals surface area contributed by atoms with Gasteiger partial charge in [0.15, 0.2) is 6.10 Å². The molecule has 0 aromatic heterocycles. The summed E-state index contributed by atoms with van der Waals surface area (Å²) in [5, 5.41) is 0. The van der Waals surface area contributed by atoms with E-state index >= 15 is 0 Å². The molecule has 1 unspecified atom stereocenters. The lowest BCUT2D eigenvalue weighted by atomic mass is 10.0. The molecule has 0 saturated heterocycles. The van der Waals surface area contributed by atoms with Crippen LogP contribution in [0.25, 0.3) is 0 Å². The molecule has 0 radical (unpaired) electrons. The van der Waals surface area contributed by atoms with Crippen LogP contribution in [0.2, 0.25) is 0 Å². The van der Waals surface area contributed by atoms with Gasteiger partial charge in [0.1, 0.15) is 13.2 Å². The number of carbonyl (C=O) groups is 3. The zero-order valence-corrected chi connectivity index (χ0v) is 52.6. The molecule has 0 aliphatic heterocycles. The summed E-state index contributed by atoms with van der Waals surface area (Å²) in [7, 11) is 0. The second-order valence-electron chi connectivity index (χ2n) is 23.1. The van der Waals surface area contributed by atoms with Crippen LogP contribution in [0.4, 0.5) is 0 Å². The number of esters is 3. The summed E-state index contributed by atoms with van der Waals surface area (Å²) >= 11 is 0. The molecular formula is C73H130O6. The molecule has 79 heavy (non-hydrogen) atoms. The van der Waals surface area contributed by atoms with Crippen LogP contribution < -0.4 is 0 Å². The smallest absolute Gasteiger partial charge is 0.306 e. The fourth-order valence-electron chi connectivity index (χ4n) is 10.1. The number of allylic oxidation sites excluding steroid dienone is 12. The van der Waals surface area contributed by atoms with E-state index in [1.165, 1.54) is 205 Å². The molecule has 0 aliphatic carbocycles. The van der Waals surface area contributed by atoms with Gasteiger partial charge in [0, 0.05) is 19.3 Å². The van der Waals surface area contributed by atoms with Gasteiger partial charge in [-0.15, -0.1) is 0 Å². The molecule has 0 rings (SSSR count). The topological polar surface area (TPSA) is 78.9 Å². The number of ether oxygens (including phenoxy) is 3. The van der Waals surface area contributed by atoms with Crippen molar-refractivity contribution in [1.82, 2.24) is 0 Å². The third-order valence-electron chi connectivity index (χ3n) is 15.2. The second-order valence-corrected chi connectivity index (χ2v) is 23.1. The SMILES string of the molecule is CC/C=C\C/C=C\C/C=C\CCCCCC(=O)OCC(COC(=O)CCCCCCCCCCCCCCCCCCCCCCCCCCCCC)OC(=O)CCCCCCCC/C=C\C/C=C\C/C=C\CCCCCCC. The molecule has 0 N–H and O–H groups in total. The fraction of sp³-hybridized carbons (Fsp3) is 0.795. The van der Waals surface area contributed by atoms with Gasteiger partial charge < -0.3 is 14.2 Å². The Morgan fingerprint density at radius 1 is 0.266 bits per heavy atom. The van der Waals surface area contributed by atoms with Crippen molar-refractivity contribution in [1.29, 1.82) is 0 Å². The minimum atomic E-state index is -0.795. The van der Waals surface area contributed by atoms with Gasteiger partial charge in [-0.25, -0.2) is 0 Å². The maximum absolute atomic E-state index is 12.9. The third kappa shape index (κ3) is 65.5. The van der Waals surface area contributed by atoms with Gasteiger partial charge in [0.2, 0.25) is 0 Å². The van der Waals surface area contributed by atoms with Gasteiger partial charge in [-0.2, -0.15) is 0 Å². The molecule has 0 fully saturated rings. The minimum absolute atomic E-state index is 0.0876. The van der Waals surface area contributed by atoms with E-state index in [-0.39, 0.29) is 31.1 Å². The summed E-state index contributed by atoms with van der Waals surface area (Å²) < 4.78 is 16.9. The number of hydrogen-bond acceptors (Lipinski definition) is 6. The monoisotopic (exact) mass is 1100 g/mol. The standard InChI is InChI=1S/C73H130O6/c1-4-7-10-13-16-19-22-25-27-29-31-33-34-35-36-37-38-40-41-43-45-48-51-54-57-60-63-66-72(75)78-69-70(68-77-71(74)65-62-59-56-53-50-47-24-21-18-15-12-9-6-3)79-73(76)67-64-61-58-55-52-49-46-44-42-39-32-30-28-26-23-20-17-14-11-8-5-2/h9,12,18,21,23,26,30,32,42,44,47,50,70H,4-8,10-11,13-17,19-20,22,24-25,27-29,31,33-41,43,45-46,48-49,51-69H2,1-3H3/b12-9-,21-18-,26-23-,32-30-,44-42-,50-47-. The number of carbonyl (C=O) groups excluding carboxylic acids is 3. The molecule has 0 saturated carbocycles. The molecule has 0 bridgehead atoms. The predicted molar refractivity (Wildman–Crippen MR) is 344 cm³/mol. The molecule has 0 aromatic carbocycles. The zero-order chi connectivity index (χ0) is 57.1. The van der Waals surface area contributed by atoms with Crippen LogP contribution in [0, 0.1) is 0 Å². The fourth-order valence-corrected chi connectivity index (χ4v) is 10.1. The van der Waals surface area contributed by atoms with Crippen molar-refractivity contribution in [2.24, 2.45) is 0 Å². The van der Waals surface area contributed by atoms with Gasteiger partial charge in [0.25, 0.3) is 0 Å². The lowest BCUT2D eigenvalue weighted by Crippen LogP contribution is -2.30. The first-order valence-corrected chi connectivity index (χ1v) is 34.4. The van der Waals surface area contributed by atoms with E-state index in [2.05, 4.69) is 93.7 Å². The quantitative estimate of drug-likeness (QED) is 0.0261. The average molecular weight is 1100 g/mol. The molecule has 6 heteroatoms. The first kappa shape index (κ1) is 75.8. The van der Waals surface area contributed by atoms with Crippen molar-refractivity contribution >= 4 is 17.9 Å². The highest BCUT2D eigenvalue weighted by molar-refractivity contribution is 5.71. The van der Waals surface area contributed by atoms with Gasteiger partial charge in [-0.05, 0) is 89.9 Å². The molecular weight excluding hydrogens is 973 g/mol. The van der Waals surface area contributed by atoms with E-state index in [9.17, 15) is 14.4 Å². The molecule has 0 aromatic rings. The Kier molecular flexibility index (Phi) is 64.7. The van der Waals surface area contributed by atoms with Crippen LogP contribution in [0.3, 0.4) is 0 Å². The third-order valence-corrected chi connectivity index (χ3v) is 15.2. The van der Waals surface area contributed by atoms with Crippen LogP contribution in [0.5, 0.6) is 0 Å². The predicted octanol–water partition coefficient (Wildman–Crippen LogP) is 23.7. The Labute approximate surface area is 491 Å². The summed E-state index contributed by atoms with van der Waals surface area (Å²) in [6.45, 7) is 6.53. The van der Waals surface area contributed by atoms with E-state index in [0.717, 1.165) is 109 Å². The van der Waals surface area contributed by atoms with E-state index in [1.54, 1.807) is 0 Å². The second kappa shape index (κ2) is 67.4. The molecule has 0 heterocycles. The molecule has 458 valence electrons. The van der Waals surface area contributed by atoms with Crippen LogP contribution in [-0.4, -0.2) is 37.2 Å².